The molecule has 15 heavy (non-hydrogen) atoms. The van der Waals surface area contributed by atoms with E-state index in [1.165, 1.54) is 19.3 Å². The molecular weight excluding hydrogens is 193 g/mol. The molecule has 0 amide bonds. The molecular formula is C12H22FNO. The topological polar surface area (TPSA) is 29.1 Å². The number of Topliss-reactive ketones (excluding diaryl/α,β-unsaturated/α-hetero) is 1. The van der Waals surface area contributed by atoms with Gasteiger partial charge in [0.15, 0.2) is 0 Å². The van der Waals surface area contributed by atoms with Crippen LogP contribution in [0.15, 0.2) is 0 Å². The first-order chi connectivity index (χ1) is 7.26. The highest BCUT2D eigenvalue weighted by molar-refractivity contribution is 5.81. The molecule has 1 aliphatic heterocycles. The first-order valence-corrected chi connectivity index (χ1v) is 5.91. The van der Waals surface area contributed by atoms with Crippen molar-refractivity contribution in [3.63, 3.8) is 0 Å². The fourth-order valence-electron chi connectivity index (χ4n) is 2.62. The van der Waals surface area contributed by atoms with Crippen molar-refractivity contribution in [3.05, 3.63) is 0 Å². The normalized spacial score (nSPS) is 26.7. The van der Waals surface area contributed by atoms with Gasteiger partial charge in [-0.2, -0.15) is 0 Å². The summed E-state index contributed by atoms with van der Waals surface area (Å²) in [5.41, 5.74) is 0.397. The van der Waals surface area contributed by atoms with E-state index in [0.717, 1.165) is 25.8 Å². The van der Waals surface area contributed by atoms with E-state index >= 15 is 0 Å². The SMILES string of the molecule is CCCC(=O)C1CNC2(CCC2)C1.CF. The van der Waals surface area contributed by atoms with E-state index in [4.69, 9.17) is 0 Å². The number of alkyl halides is 1. The molecule has 1 saturated carbocycles. The Bertz CT molecular complexity index is 214. The van der Waals surface area contributed by atoms with Gasteiger partial charge in [0.05, 0.1) is 7.18 Å². The van der Waals surface area contributed by atoms with Gasteiger partial charge < -0.3 is 5.32 Å². The van der Waals surface area contributed by atoms with Gasteiger partial charge in [-0.3, -0.25) is 9.18 Å². The highest BCUT2D eigenvalue weighted by Gasteiger charge is 2.44. The Balaban J connectivity index is 0.000000531. The summed E-state index contributed by atoms with van der Waals surface area (Å²) in [6.45, 7) is 3.03. The molecule has 0 aromatic heterocycles. The van der Waals surface area contributed by atoms with Crippen LogP contribution in [0.5, 0.6) is 0 Å². The van der Waals surface area contributed by atoms with Gasteiger partial charge in [0.1, 0.15) is 5.78 Å². The molecule has 1 atom stereocenters. The maximum Gasteiger partial charge on any atom is 0.137 e. The predicted octanol–water partition coefficient (Wildman–Crippen LogP) is 2.47. The third-order valence-electron chi connectivity index (χ3n) is 3.62. The molecule has 0 radical (unpaired) electrons. The number of hydrogen-bond donors (Lipinski definition) is 1. The van der Waals surface area contributed by atoms with E-state index in [2.05, 4.69) is 12.2 Å². The summed E-state index contributed by atoms with van der Waals surface area (Å²) in [7, 11) is 0.500. The Morgan fingerprint density at radius 2 is 2.13 bits per heavy atom. The molecule has 2 fully saturated rings. The second-order valence-corrected chi connectivity index (χ2v) is 4.63. The summed E-state index contributed by atoms with van der Waals surface area (Å²) in [5, 5.41) is 3.54. The molecule has 1 saturated heterocycles. The third kappa shape index (κ3) is 2.77. The van der Waals surface area contributed by atoms with Gasteiger partial charge >= 0.3 is 0 Å². The summed E-state index contributed by atoms with van der Waals surface area (Å²) in [6, 6.07) is 0. The number of halogens is 1. The highest BCUT2D eigenvalue weighted by atomic mass is 19.1. The van der Waals surface area contributed by atoms with Crippen LogP contribution in [0.1, 0.15) is 45.4 Å². The Morgan fingerprint density at radius 3 is 2.53 bits per heavy atom. The molecule has 1 heterocycles. The maximum absolute atomic E-state index is 11.6. The van der Waals surface area contributed by atoms with Crippen LogP contribution in [0, 0.1) is 5.92 Å². The van der Waals surface area contributed by atoms with Crippen molar-refractivity contribution < 1.29 is 9.18 Å². The van der Waals surface area contributed by atoms with Crippen LogP contribution in [0.25, 0.3) is 0 Å². The lowest BCUT2D eigenvalue weighted by molar-refractivity contribution is -0.122. The van der Waals surface area contributed by atoms with E-state index in [9.17, 15) is 9.18 Å². The van der Waals surface area contributed by atoms with Crippen LogP contribution >= 0.6 is 0 Å². The quantitative estimate of drug-likeness (QED) is 0.783. The molecule has 1 N–H and O–H groups in total. The lowest BCUT2D eigenvalue weighted by Gasteiger charge is -2.38. The molecule has 0 aromatic rings. The Kier molecular flexibility index (Phi) is 4.71. The van der Waals surface area contributed by atoms with Gasteiger partial charge in [-0.25, -0.2) is 0 Å². The van der Waals surface area contributed by atoms with Crippen LogP contribution < -0.4 is 5.32 Å². The number of hydrogen-bond acceptors (Lipinski definition) is 2. The molecule has 0 aromatic carbocycles. The Hall–Kier alpha value is -0.440. The van der Waals surface area contributed by atoms with Crippen LogP contribution in [-0.2, 0) is 4.79 Å². The molecule has 2 rings (SSSR count). The summed E-state index contributed by atoms with van der Waals surface area (Å²) in [4.78, 5) is 11.6. The van der Waals surface area contributed by atoms with Gasteiger partial charge in [0, 0.05) is 24.4 Å². The Labute approximate surface area is 91.6 Å². The molecule has 1 unspecified atom stereocenters. The Morgan fingerprint density at radius 1 is 1.47 bits per heavy atom. The fourth-order valence-corrected chi connectivity index (χ4v) is 2.62. The molecule has 3 heteroatoms. The summed E-state index contributed by atoms with van der Waals surface area (Å²) < 4.78 is 9.50. The number of nitrogens with one attached hydrogen (secondary N) is 1. The second kappa shape index (κ2) is 5.59. The van der Waals surface area contributed by atoms with Crippen LogP contribution in [0.4, 0.5) is 4.39 Å². The van der Waals surface area contributed by atoms with Gasteiger partial charge in [-0.15, -0.1) is 0 Å². The number of carbonyl (C=O) groups excluding carboxylic acids is 1. The minimum atomic E-state index is 0.334. The van der Waals surface area contributed by atoms with Gasteiger partial charge in [-0.05, 0) is 32.1 Å². The highest BCUT2D eigenvalue weighted by Crippen LogP contribution is 2.41. The first-order valence-electron chi connectivity index (χ1n) is 5.91. The van der Waals surface area contributed by atoms with E-state index in [0.29, 0.717) is 24.4 Å². The smallest absolute Gasteiger partial charge is 0.137 e. The summed E-state index contributed by atoms with van der Waals surface area (Å²) in [6.07, 6.45) is 6.84. The van der Waals surface area contributed by atoms with Crippen LogP contribution in [0.3, 0.4) is 0 Å². The van der Waals surface area contributed by atoms with Crippen LogP contribution in [0.2, 0.25) is 0 Å². The zero-order valence-corrected chi connectivity index (χ0v) is 9.81. The average molecular weight is 215 g/mol. The lowest BCUT2D eigenvalue weighted by Crippen LogP contribution is -2.45. The number of rotatable bonds is 3. The summed E-state index contributed by atoms with van der Waals surface area (Å²) in [5.74, 6) is 0.819. The van der Waals surface area contributed by atoms with E-state index < -0.39 is 0 Å². The zero-order chi connectivity index (χ0) is 11.3. The monoisotopic (exact) mass is 215 g/mol. The van der Waals surface area contributed by atoms with Gasteiger partial charge in [-0.1, -0.05) is 6.92 Å². The minimum absolute atomic E-state index is 0.334. The molecule has 2 nitrogen and oxygen atoms in total. The van der Waals surface area contributed by atoms with Gasteiger partial charge in [0.2, 0.25) is 0 Å². The van der Waals surface area contributed by atoms with E-state index in [-0.39, 0.29) is 0 Å². The molecule has 88 valence electrons. The molecule has 1 aliphatic carbocycles. The maximum atomic E-state index is 11.6. The molecule has 0 bridgehead atoms. The minimum Gasteiger partial charge on any atom is -0.310 e. The van der Waals surface area contributed by atoms with Crippen molar-refractivity contribution in [2.75, 3.05) is 13.7 Å². The van der Waals surface area contributed by atoms with E-state index in [1.54, 1.807) is 0 Å². The molecule has 2 aliphatic rings. The van der Waals surface area contributed by atoms with Crippen molar-refractivity contribution in [1.82, 2.24) is 5.32 Å². The first kappa shape index (κ1) is 12.6. The number of carbonyl (C=O) groups is 1. The van der Waals surface area contributed by atoms with Crippen molar-refractivity contribution >= 4 is 5.78 Å². The van der Waals surface area contributed by atoms with E-state index in [1.807, 2.05) is 0 Å². The van der Waals surface area contributed by atoms with Crippen molar-refractivity contribution in [2.45, 2.75) is 51.0 Å². The van der Waals surface area contributed by atoms with Gasteiger partial charge in [0.25, 0.3) is 0 Å². The largest absolute Gasteiger partial charge is 0.310 e. The number of ketones is 1. The van der Waals surface area contributed by atoms with Crippen LogP contribution in [-0.4, -0.2) is 25.0 Å². The third-order valence-corrected chi connectivity index (χ3v) is 3.62. The zero-order valence-electron chi connectivity index (χ0n) is 9.81. The second-order valence-electron chi connectivity index (χ2n) is 4.63. The predicted molar refractivity (Wildman–Crippen MR) is 59.6 cm³/mol. The summed E-state index contributed by atoms with van der Waals surface area (Å²) >= 11 is 0. The van der Waals surface area contributed by atoms with Crippen molar-refractivity contribution in [1.29, 1.82) is 0 Å². The average Bonchev–Trinajstić information content (AvgIpc) is 2.65. The van der Waals surface area contributed by atoms with Crippen molar-refractivity contribution in [2.24, 2.45) is 5.92 Å². The fraction of sp³-hybridized carbons (Fsp3) is 0.917. The lowest BCUT2D eigenvalue weighted by atomic mass is 9.74. The van der Waals surface area contributed by atoms with Crippen molar-refractivity contribution in [3.8, 4) is 0 Å². The standard InChI is InChI=1S/C11H19NO.CH3F/c1-2-4-10(13)9-7-11(12-8-9)5-3-6-11;1-2/h9,12H,2-8H2,1H3;1H3. The molecule has 1 spiro atoms.